The number of nitrogens with zero attached hydrogens (tertiary/aromatic N) is 2. The van der Waals surface area contributed by atoms with E-state index in [2.05, 4.69) is 21.4 Å². The van der Waals surface area contributed by atoms with E-state index >= 15 is 0 Å². The second-order valence-corrected chi connectivity index (χ2v) is 3.77. The fourth-order valence-electron chi connectivity index (χ4n) is 1.02. The van der Waals surface area contributed by atoms with Crippen LogP contribution >= 0.6 is 11.8 Å². The van der Waals surface area contributed by atoms with Gasteiger partial charge >= 0.3 is 5.69 Å². The molecule has 0 unspecified atom stereocenters. The number of amides is 1. The molecule has 0 aliphatic rings. The molecular weight excluding hydrogens is 228 g/mol. The van der Waals surface area contributed by atoms with Gasteiger partial charge in [0.1, 0.15) is 0 Å². The number of nitrogens with one attached hydrogen (secondary N) is 2. The van der Waals surface area contributed by atoms with Gasteiger partial charge in [0.05, 0.1) is 12.3 Å². The molecule has 1 aromatic heterocycles. The van der Waals surface area contributed by atoms with Crippen molar-refractivity contribution >= 4 is 17.7 Å². The smallest absolute Gasteiger partial charge is 0.343 e. The highest BCUT2D eigenvalue weighted by Crippen LogP contribution is 2.11. The third kappa shape index (κ3) is 3.17. The van der Waals surface area contributed by atoms with Crippen LogP contribution in [0.1, 0.15) is 6.92 Å². The second-order valence-electron chi connectivity index (χ2n) is 2.83. The SMILES string of the molecule is C#CCNC(=O)CSc1n[nH]c(=O)n1CC. The molecule has 2 N–H and O–H groups in total. The first kappa shape index (κ1) is 12.4. The number of terminal acetylenes is 1. The van der Waals surface area contributed by atoms with E-state index in [1.54, 1.807) is 0 Å². The Balaban J connectivity index is 2.52. The zero-order valence-electron chi connectivity index (χ0n) is 8.82. The summed E-state index contributed by atoms with van der Waals surface area (Å²) in [6, 6.07) is 0. The lowest BCUT2D eigenvalue weighted by Gasteiger charge is -2.02. The van der Waals surface area contributed by atoms with Gasteiger partial charge in [-0.1, -0.05) is 17.7 Å². The molecule has 0 radical (unpaired) electrons. The van der Waals surface area contributed by atoms with Crippen molar-refractivity contribution in [2.75, 3.05) is 12.3 Å². The third-order valence-electron chi connectivity index (χ3n) is 1.76. The van der Waals surface area contributed by atoms with Crippen LogP contribution in [-0.4, -0.2) is 33.0 Å². The van der Waals surface area contributed by atoms with Crippen LogP contribution in [0.25, 0.3) is 0 Å². The lowest BCUT2D eigenvalue weighted by atomic mass is 10.6. The lowest BCUT2D eigenvalue weighted by Crippen LogP contribution is -2.25. The number of hydrogen-bond acceptors (Lipinski definition) is 4. The van der Waals surface area contributed by atoms with E-state index < -0.39 is 0 Å². The van der Waals surface area contributed by atoms with Gasteiger partial charge in [-0.05, 0) is 6.92 Å². The molecule has 0 saturated carbocycles. The summed E-state index contributed by atoms with van der Waals surface area (Å²) in [5, 5.41) is 9.16. The summed E-state index contributed by atoms with van der Waals surface area (Å²) in [5.41, 5.74) is -0.269. The van der Waals surface area contributed by atoms with Crippen LogP contribution < -0.4 is 11.0 Å². The van der Waals surface area contributed by atoms with E-state index in [4.69, 9.17) is 6.42 Å². The first-order chi connectivity index (χ1) is 7.69. The van der Waals surface area contributed by atoms with Gasteiger partial charge in [-0.25, -0.2) is 9.89 Å². The average Bonchev–Trinajstić information content (AvgIpc) is 2.64. The van der Waals surface area contributed by atoms with Crippen LogP contribution in [0.3, 0.4) is 0 Å². The molecule has 1 rings (SSSR count). The minimum absolute atomic E-state index is 0.180. The minimum Gasteiger partial charge on any atom is -0.344 e. The van der Waals surface area contributed by atoms with E-state index in [0.717, 1.165) is 0 Å². The number of aromatic amines is 1. The number of hydrogen-bond donors (Lipinski definition) is 2. The molecule has 86 valence electrons. The Morgan fingerprint density at radius 1 is 1.75 bits per heavy atom. The maximum atomic E-state index is 11.2. The van der Waals surface area contributed by atoms with Crippen LogP contribution in [0.2, 0.25) is 0 Å². The maximum absolute atomic E-state index is 11.2. The number of thioether (sulfide) groups is 1. The fourth-order valence-corrected chi connectivity index (χ4v) is 1.86. The Morgan fingerprint density at radius 3 is 3.12 bits per heavy atom. The number of carbonyl (C=O) groups is 1. The summed E-state index contributed by atoms with van der Waals surface area (Å²) >= 11 is 1.19. The summed E-state index contributed by atoms with van der Waals surface area (Å²) in [6.07, 6.45) is 5.00. The molecule has 0 aliphatic carbocycles. The highest BCUT2D eigenvalue weighted by atomic mass is 32.2. The van der Waals surface area contributed by atoms with Crippen molar-refractivity contribution in [1.82, 2.24) is 20.1 Å². The number of carbonyl (C=O) groups excluding carboxylic acids is 1. The molecule has 7 heteroatoms. The molecule has 1 amide bonds. The molecule has 0 fully saturated rings. The molecule has 16 heavy (non-hydrogen) atoms. The Hall–Kier alpha value is -1.68. The maximum Gasteiger partial charge on any atom is 0.343 e. The Morgan fingerprint density at radius 2 is 2.50 bits per heavy atom. The molecule has 0 aliphatic heterocycles. The number of H-pyrrole nitrogens is 1. The van der Waals surface area contributed by atoms with Crippen molar-refractivity contribution in [1.29, 1.82) is 0 Å². The first-order valence-corrected chi connectivity index (χ1v) is 5.65. The van der Waals surface area contributed by atoms with E-state index in [-0.39, 0.29) is 23.9 Å². The summed E-state index contributed by atoms with van der Waals surface area (Å²) in [5.74, 6) is 2.31. The molecule has 0 saturated heterocycles. The average molecular weight is 240 g/mol. The lowest BCUT2D eigenvalue weighted by molar-refractivity contribution is -0.118. The zero-order valence-corrected chi connectivity index (χ0v) is 9.63. The number of aromatic nitrogens is 3. The summed E-state index contributed by atoms with van der Waals surface area (Å²) in [7, 11) is 0. The predicted octanol–water partition coefficient (Wildman–Crippen LogP) is -0.567. The number of rotatable bonds is 5. The largest absolute Gasteiger partial charge is 0.344 e. The summed E-state index contributed by atoms with van der Waals surface area (Å²) in [4.78, 5) is 22.4. The van der Waals surface area contributed by atoms with Gasteiger partial charge in [0.2, 0.25) is 5.91 Å². The zero-order chi connectivity index (χ0) is 12.0. The molecule has 0 aromatic carbocycles. The molecule has 1 heterocycles. The predicted molar refractivity (Wildman–Crippen MR) is 61.1 cm³/mol. The van der Waals surface area contributed by atoms with E-state index in [9.17, 15) is 9.59 Å². The molecule has 0 spiro atoms. The van der Waals surface area contributed by atoms with Gasteiger partial charge in [0.15, 0.2) is 5.16 Å². The molecule has 0 atom stereocenters. The van der Waals surface area contributed by atoms with Crippen molar-refractivity contribution in [3.05, 3.63) is 10.5 Å². The highest BCUT2D eigenvalue weighted by Gasteiger charge is 2.09. The van der Waals surface area contributed by atoms with E-state index in [1.807, 2.05) is 6.92 Å². The Kier molecular flexibility index (Phi) is 4.66. The first-order valence-electron chi connectivity index (χ1n) is 4.67. The van der Waals surface area contributed by atoms with Crippen molar-refractivity contribution in [3.63, 3.8) is 0 Å². The molecule has 1 aromatic rings. The van der Waals surface area contributed by atoms with Gasteiger partial charge < -0.3 is 5.32 Å². The van der Waals surface area contributed by atoms with Crippen LogP contribution in [0.4, 0.5) is 0 Å². The molecular formula is C9H12N4O2S. The third-order valence-corrected chi connectivity index (χ3v) is 2.74. The molecule has 0 bridgehead atoms. The summed E-state index contributed by atoms with van der Waals surface area (Å²) in [6.45, 7) is 2.56. The van der Waals surface area contributed by atoms with Crippen LogP contribution in [-0.2, 0) is 11.3 Å². The standard InChI is InChI=1S/C9H12N4O2S/c1-3-5-10-7(14)6-16-9-12-11-8(15)13(9)4-2/h1H,4-6H2,2H3,(H,10,14)(H,11,15). The topological polar surface area (TPSA) is 79.8 Å². The fraction of sp³-hybridized carbons (Fsp3) is 0.444. The second kappa shape index (κ2) is 6.02. The van der Waals surface area contributed by atoms with Crippen LogP contribution in [0.5, 0.6) is 0 Å². The van der Waals surface area contributed by atoms with Gasteiger partial charge in [0.25, 0.3) is 0 Å². The minimum atomic E-state index is -0.269. The Labute approximate surface area is 96.8 Å². The monoisotopic (exact) mass is 240 g/mol. The van der Waals surface area contributed by atoms with E-state index in [1.165, 1.54) is 16.3 Å². The van der Waals surface area contributed by atoms with Crippen molar-refractivity contribution in [2.45, 2.75) is 18.6 Å². The van der Waals surface area contributed by atoms with Gasteiger partial charge in [-0.3, -0.25) is 9.36 Å². The van der Waals surface area contributed by atoms with Crippen LogP contribution in [0.15, 0.2) is 9.95 Å². The van der Waals surface area contributed by atoms with Crippen molar-refractivity contribution < 1.29 is 4.79 Å². The van der Waals surface area contributed by atoms with E-state index in [0.29, 0.717) is 11.7 Å². The van der Waals surface area contributed by atoms with Gasteiger partial charge in [-0.2, -0.15) is 0 Å². The Bertz CT molecular complexity index is 457. The quantitative estimate of drug-likeness (QED) is 0.534. The van der Waals surface area contributed by atoms with Crippen molar-refractivity contribution in [2.24, 2.45) is 0 Å². The van der Waals surface area contributed by atoms with Gasteiger partial charge in [0, 0.05) is 6.54 Å². The highest BCUT2D eigenvalue weighted by molar-refractivity contribution is 7.99. The molecule has 6 nitrogen and oxygen atoms in total. The summed E-state index contributed by atoms with van der Waals surface area (Å²) < 4.78 is 1.46. The normalized spacial score (nSPS) is 9.75. The van der Waals surface area contributed by atoms with Gasteiger partial charge in [-0.15, -0.1) is 11.5 Å². The van der Waals surface area contributed by atoms with Crippen molar-refractivity contribution in [3.8, 4) is 12.3 Å². The van der Waals surface area contributed by atoms with Crippen LogP contribution in [0, 0.1) is 12.3 Å².